The highest BCUT2D eigenvalue weighted by atomic mass is 16.3. The van der Waals surface area contributed by atoms with E-state index in [1.807, 2.05) is 0 Å². The highest BCUT2D eigenvalue weighted by molar-refractivity contribution is 5.50. The number of aliphatic hydroxyl groups excluding tert-OH is 1. The molecule has 162 valence electrons. The lowest BCUT2D eigenvalue weighted by Gasteiger charge is -2.57. The van der Waals surface area contributed by atoms with Crippen LogP contribution in [0.25, 0.3) is 0 Å². The molecule has 0 spiro atoms. The molecule has 0 amide bonds. The van der Waals surface area contributed by atoms with Crippen LogP contribution in [0.2, 0.25) is 0 Å². The summed E-state index contributed by atoms with van der Waals surface area (Å²) in [4.78, 5) is 0. The van der Waals surface area contributed by atoms with Gasteiger partial charge in [0.05, 0.1) is 6.10 Å². The standard InChI is InChI=1S/C28H38O2/c1-27-7-6-20-21(23(27)4-5-26(27)30)3-2-19-11-25(29)24(12-22(19)20)28-13-16-8-17(14-28)10-18(9-16)15-28/h11-12,16-18,20-21,23,26,29-30H,2-10,13-15H2,1H3/t16?,17?,18?,20-,21+,23-,26-,27-,28?/m0/s1. The highest BCUT2D eigenvalue weighted by Gasteiger charge is 2.56. The molecule has 0 saturated heterocycles. The fourth-order valence-electron chi connectivity index (χ4n) is 10.4. The van der Waals surface area contributed by atoms with E-state index in [0.29, 0.717) is 17.6 Å². The van der Waals surface area contributed by atoms with Crippen molar-refractivity contribution in [3.63, 3.8) is 0 Å². The average molecular weight is 407 g/mol. The average Bonchev–Trinajstić information content (AvgIpc) is 3.01. The summed E-state index contributed by atoms with van der Waals surface area (Å²) in [6.07, 6.45) is 15.3. The molecular weight excluding hydrogens is 368 g/mol. The van der Waals surface area contributed by atoms with Gasteiger partial charge in [-0.05, 0) is 141 Å². The molecule has 7 aliphatic carbocycles. The minimum Gasteiger partial charge on any atom is -0.508 e. The van der Waals surface area contributed by atoms with Crippen LogP contribution in [0.1, 0.15) is 100 Å². The molecule has 4 bridgehead atoms. The minimum absolute atomic E-state index is 0.0905. The molecule has 0 radical (unpaired) electrons. The lowest BCUT2D eigenvalue weighted by atomic mass is 9.47. The Morgan fingerprint density at radius 2 is 1.60 bits per heavy atom. The molecule has 0 aromatic heterocycles. The zero-order chi connectivity index (χ0) is 20.3. The van der Waals surface area contributed by atoms with Gasteiger partial charge in [0.15, 0.2) is 0 Å². The smallest absolute Gasteiger partial charge is 0.119 e. The minimum atomic E-state index is -0.0905. The fraction of sp³-hybridized carbons (Fsp3) is 0.786. The summed E-state index contributed by atoms with van der Waals surface area (Å²) in [6, 6.07) is 4.72. The van der Waals surface area contributed by atoms with Crippen LogP contribution in [0.15, 0.2) is 12.1 Å². The number of hydrogen-bond donors (Lipinski definition) is 2. The van der Waals surface area contributed by atoms with Gasteiger partial charge in [0.1, 0.15) is 5.75 Å². The third-order valence-electron chi connectivity index (χ3n) is 11.4. The van der Waals surface area contributed by atoms with Crippen molar-refractivity contribution in [1.29, 1.82) is 0 Å². The second kappa shape index (κ2) is 6.06. The Balaban J connectivity index is 1.29. The molecule has 0 heterocycles. The maximum Gasteiger partial charge on any atom is 0.119 e. The van der Waals surface area contributed by atoms with E-state index in [1.54, 1.807) is 5.56 Å². The summed E-state index contributed by atoms with van der Waals surface area (Å²) in [5, 5.41) is 21.9. The number of hydrogen-bond acceptors (Lipinski definition) is 2. The summed E-state index contributed by atoms with van der Waals surface area (Å²) in [5.74, 6) is 5.44. The lowest BCUT2D eigenvalue weighted by molar-refractivity contribution is -0.0228. The van der Waals surface area contributed by atoms with Crippen LogP contribution in [0, 0.1) is 35.0 Å². The monoisotopic (exact) mass is 406 g/mol. The number of aryl methyl sites for hydroxylation is 1. The lowest BCUT2D eigenvalue weighted by Crippen LogP contribution is -2.48. The van der Waals surface area contributed by atoms with Crippen LogP contribution in [0.5, 0.6) is 5.75 Å². The molecule has 2 heteroatoms. The maximum atomic E-state index is 11.2. The van der Waals surface area contributed by atoms with Crippen molar-refractivity contribution in [1.82, 2.24) is 0 Å². The van der Waals surface area contributed by atoms with E-state index >= 15 is 0 Å². The number of fused-ring (bicyclic) bond motifs is 5. The van der Waals surface area contributed by atoms with E-state index in [1.165, 1.54) is 75.3 Å². The van der Waals surface area contributed by atoms with Gasteiger partial charge in [-0.2, -0.15) is 0 Å². The molecule has 6 saturated carbocycles. The predicted molar refractivity (Wildman–Crippen MR) is 119 cm³/mol. The van der Waals surface area contributed by atoms with Crippen molar-refractivity contribution in [3.05, 3.63) is 28.8 Å². The first-order chi connectivity index (χ1) is 14.5. The number of phenolic OH excluding ortho intramolecular Hbond substituents is 1. The Hall–Kier alpha value is -1.02. The van der Waals surface area contributed by atoms with Gasteiger partial charge in [-0.25, -0.2) is 0 Å². The van der Waals surface area contributed by atoms with Crippen LogP contribution < -0.4 is 0 Å². The maximum absolute atomic E-state index is 11.2. The number of aliphatic hydroxyl groups is 1. The van der Waals surface area contributed by atoms with Crippen LogP contribution >= 0.6 is 0 Å². The first kappa shape index (κ1) is 18.5. The molecule has 2 N–H and O–H groups in total. The van der Waals surface area contributed by atoms with Crippen LogP contribution in [0.3, 0.4) is 0 Å². The van der Waals surface area contributed by atoms with Crippen molar-refractivity contribution in [2.24, 2.45) is 35.0 Å². The van der Waals surface area contributed by atoms with Gasteiger partial charge in [-0.15, -0.1) is 0 Å². The third kappa shape index (κ3) is 2.35. The fourth-order valence-corrected chi connectivity index (χ4v) is 10.4. The number of rotatable bonds is 1. The van der Waals surface area contributed by atoms with Crippen molar-refractivity contribution in [2.75, 3.05) is 0 Å². The largest absolute Gasteiger partial charge is 0.508 e. The summed E-state index contributed by atoms with van der Waals surface area (Å²) < 4.78 is 0. The van der Waals surface area contributed by atoms with E-state index in [4.69, 9.17) is 0 Å². The van der Waals surface area contributed by atoms with Gasteiger partial charge >= 0.3 is 0 Å². The molecule has 6 fully saturated rings. The number of benzene rings is 1. The molecule has 8 rings (SSSR count). The summed E-state index contributed by atoms with van der Waals surface area (Å²) in [7, 11) is 0. The van der Waals surface area contributed by atoms with E-state index in [0.717, 1.165) is 36.5 Å². The zero-order valence-corrected chi connectivity index (χ0v) is 18.6. The highest BCUT2D eigenvalue weighted by Crippen LogP contribution is 2.64. The molecule has 2 nitrogen and oxygen atoms in total. The van der Waals surface area contributed by atoms with Gasteiger partial charge in [0, 0.05) is 5.56 Å². The van der Waals surface area contributed by atoms with Crippen molar-refractivity contribution >= 4 is 0 Å². The topological polar surface area (TPSA) is 40.5 Å². The van der Waals surface area contributed by atoms with Gasteiger partial charge in [0.2, 0.25) is 0 Å². The molecule has 1 aromatic carbocycles. The summed E-state index contributed by atoms with van der Waals surface area (Å²) in [5.41, 5.74) is 4.79. The quantitative estimate of drug-likeness (QED) is 0.593. The zero-order valence-electron chi connectivity index (χ0n) is 18.6. The van der Waals surface area contributed by atoms with Crippen molar-refractivity contribution in [3.8, 4) is 5.75 Å². The molecule has 1 aromatic rings. The van der Waals surface area contributed by atoms with E-state index in [-0.39, 0.29) is 16.9 Å². The predicted octanol–water partition coefficient (Wildman–Crippen LogP) is 6.08. The van der Waals surface area contributed by atoms with E-state index in [9.17, 15) is 10.2 Å². The normalized spacial score (nSPS) is 50.8. The molecule has 30 heavy (non-hydrogen) atoms. The SMILES string of the molecule is C[C@]12CC[C@@H]3c4cc(C56CC7CC(CC(C7)C5)C6)c(O)cc4CC[C@H]3[C@@H]1CC[C@@H]2O. The number of aromatic hydroxyl groups is 1. The van der Waals surface area contributed by atoms with Gasteiger partial charge in [-0.1, -0.05) is 13.0 Å². The summed E-state index contributed by atoms with van der Waals surface area (Å²) >= 11 is 0. The second-order valence-electron chi connectivity index (χ2n) is 12.8. The van der Waals surface area contributed by atoms with Crippen molar-refractivity contribution < 1.29 is 10.2 Å². The van der Waals surface area contributed by atoms with Crippen LogP contribution in [-0.2, 0) is 11.8 Å². The Bertz CT molecular complexity index is 852. The molecular formula is C28H38O2. The van der Waals surface area contributed by atoms with Crippen molar-refractivity contribution in [2.45, 2.75) is 101 Å². The van der Waals surface area contributed by atoms with E-state index < -0.39 is 0 Å². The molecule has 0 aliphatic heterocycles. The van der Waals surface area contributed by atoms with Gasteiger partial charge in [-0.3, -0.25) is 0 Å². The molecule has 5 atom stereocenters. The third-order valence-corrected chi connectivity index (χ3v) is 11.4. The second-order valence-corrected chi connectivity index (χ2v) is 12.8. The first-order valence-corrected chi connectivity index (χ1v) is 13.0. The Kier molecular flexibility index (Phi) is 3.74. The van der Waals surface area contributed by atoms with E-state index in [2.05, 4.69) is 19.1 Å². The van der Waals surface area contributed by atoms with Gasteiger partial charge in [0.25, 0.3) is 0 Å². The van der Waals surface area contributed by atoms with Crippen LogP contribution in [-0.4, -0.2) is 16.3 Å². The molecule has 0 unspecified atom stereocenters. The number of phenols is 1. The van der Waals surface area contributed by atoms with Gasteiger partial charge < -0.3 is 10.2 Å². The Morgan fingerprint density at radius 3 is 2.30 bits per heavy atom. The Morgan fingerprint density at radius 1 is 0.900 bits per heavy atom. The molecule has 7 aliphatic rings. The van der Waals surface area contributed by atoms with Crippen LogP contribution in [0.4, 0.5) is 0 Å². The Labute approximate surface area is 181 Å². The first-order valence-electron chi connectivity index (χ1n) is 13.0. The summed E-state index contributed by atoms with van der Waals surface area (Å²) in [6.45, 7) is 2.37.